The predicted molar refractivity (Wildman–Crippen MR) is 123 cm³/mol. The normalized spacial score (nSPS) is 16.0. The van der Waals surface area contributed by atoms with E-state index in [2.05, 4.69) is 41.1 Å². The van der Waals surface area contributed by atoms with Crippen LogP contribution in [0.15, 0.2) is 34.1 Å². The second-order valence-corrected chi connectivity index (χ2v) is 7.87. The highest BCUT2D eigenvalue weighted by atomic mass is 79.9. The number of nitrogens with two attached hydrogens (primary N) is 1. The zero-order chi connectivity index (χ0) is 21.7. The number of hydrogen-bond acceptors (Lipinski definition) is 6. The topological polar surface area (TPSA) is 120 Å². The molecule has 2 amide bonds. The van der Waals surface area contributed by atoms with Gasteiger partial charge in [0.2, 0.25) is 11.8 Å². The largest absolute Gasteiger partial charge is 0.366 e. The molecule has 0 aliphatic carbocycles. The molecule has 9 nitrogen and oxygen atoms in total. The van der Waals surface area contributed by atoms with Crippen LogP contribution in [0.4, 0.5) is 11.4 Å². The summed E-state index contributed by atoms with van der Waals surface area (Å²) in [7, 11) is 0. The maximum Gasteiger partial charge on any atom is 0.236 e. The lowest BCUT2D eigenvalue weighted by Crippen LogP contribution is -2.50. The van der Waals surface area contributed by atoms with Crippen LogP contribution in [0.3, 0.4) is 0 Å². The number of aromatic amines is 1. The molecule has 0 spiro atoms. The van der Waals surface area contributed by atoms with Gasteiger partial charge in [0.1, 0.15) is 5.65 Å². The molecule has 1 aliphatic heterocycles. The fraction of sp³-hybridized carbons (Fsp3) is 0.400. The monoisotopic (exact) mass is 475 g/mol. The van der Waals surface area contributed by atoms with Crippen molar-refractivity contribution >= 4 is 56.4 Å². The zero-order valence-corrected chi connectivity index (χ0v) is 18.6. The Hall–Kier alpha value is -2.72. The van der Waals surface area contributed by atoms with Gasteiger partial charge in [0.05, 0.1) is 33.7 Å². The minimum Gasteiger partial charge on any atom is -0.366 e. The Balaban J connectivity index is 1.86. The van der Waals surface area contributed by atoms with Gasteiger partial charge in [-0.05, 0) is 29.8 Å². The van der Waals surface area contributed by atoms with Gasteiger partial charge in [-0.2, -0.15) is 0 Å². The summed E-state index contributed by atoms with van der Waals surface area (Å²) in [5.41, 5.74) is 7.76. The van der Waals surface area contributed by atoms with Crippen molar-refractivity contribution in [3.05, 3.63) is 29.1 Å². The van der Waals surface area contributed by atoms with E-state index in [0.717, 1.165) is 15.5 Å². The van der Waals surface area contributed by atoms with Crippen molar-refractivity contribution in [3.63, 3.8) is 0 Å². The third kappa shape index (κ3) is 4.71. The van der Waals surface area contributed by atoms with Crippen molar-refractivity contribution in [2.24, 2.45) is 16.6 Å². The van der Waals surface area contributed by atoms with Crippen molar-refractivity contribution < 1.29 is 9.59 Å². The zero-order valence-electron chi connectivity index (χ0n) is 17.1. The average Bonchev–Trinajstić information content (AvgIpc) is 3.16. The molecule has 0 saturated carbocycles. The third-order valence-corrected chi connectivity index (χ3v) is 5.55. The summed E-state index contributed by atoms with van der Waals surface area (Å²) in [5, 5.41) is 3.81. The van der Waals surface area contributed by atoms with Crippen LogP contribution in [-0.4, -0.2) is 65.6 Å². The average molecular weight is 476 g/mol. The number of rotatable bonds is 6. The number of aromatic nitrogens is 2. The summed E-state index contributed by atoms with van der Waals surface area (Å²) in [6.45, 7) is 6.19. The minimum absolute atomic E-state index is 0.0206. The van der Waals surface area contributed by atoms with Gasteiger partial charge in [0, 0.05) is 51.0 Å². The number of H-pyrrole nitrogens is 1. The first-order valence-electron chi connectivity index (χ1n) is 9.80. The number of pyridine rings is 1. The molecule has 1 fully saturated rings. The summed E-state index contributed by atoms with van der Waals surface area (Å²) >= 11 is 3.61. The number of carbonyl (C=O) groups is 2. The highest BCUT2D eigenvalue weighted by molar-refractivity contribution is 9.10. The quantitative estimate of drug-likeness (QED) is 0.552. The summed E-state index contributed by atoms with van der Waals surface area (Å²) in [6.07, 6.45) is 8.53. The summed E-state index contributed by atoms with van der Waals surface area (Å²) in [4.78, 5) is 40.1. The molecular formula is C20H26BrN7O2. The van der Waals surface area contributed by atoms with Crippen LogP contribution in [0.2, 0.25) is 0 Å². The van der Waals surface area contributed by atoms with Crippen LogP contribution in [-0.2, 0) is 9.59 Å². The van der Waals surface area contributed by atoms with E-state index >= 15 is 0 Å². The lowest BCUT2D eigenvalue weighted by molar-refractivity contribution is -0.130. The van der Waals surface area contributed by atoms with Gasteiger partial charge in [0.15, 0.2) is 0 Å². The third-order valence-electron chi connectivity index (χ3n) is 4.97. The van der Waals surface area contributed by atoms with Crippen molar-refractivity contribution in [2.75, 3.05) is 42.9 Å². The molecule has 1 aliphatic rings. The lowest BCUT2D eigenvalue weighted by atomic mass is 10.1. The van der Waals surface area contributed by atoms with Gasteiger partial charge >= 0.3 is 0 Å². The predicted octanol–water partition coefficient (Wildman–Crippen LogP) is 2.11. The Labute approximate surface area is 183 Å². The van der Waals surface area contributed by atoms with E-state index in [1.54, 1.807) is 42.7 Å². The Kier molecular flexibility index (Phi) is 7.22. The molecule has 0 bridgehead atoms. The highest BCUT2D eigenvalue weighted by Crippen LogP contribution is 2.38. The van der Waals surface area contributed by atoms with E-state index in [4.69, 9.17) is 5.73 Å². The molecular weight excluding hydrogens is 450 g/mol. The Morgan fingerprint density at radius 2 is 2.13 bits per heavy atom. The van der Waals surface area contributed by atoms with Crippen molar-refractivity contribution in [2.45, 2.75) is 13.8 Å². The van der Waals surface area contributed by atoms with Crippen molar-refractivity contribution in [1.82, 2.24) is 14.9 Å². The number of amides is 2. The van der Waals surface area contributed by atoms with Crippen molar-refractivity contribution in [3.8, 4) is 0 Å². The number of nitrogens with one attached hydrogen (secondary N) is 2. The van der Waals surface area contributed by atoms with Crippen LogP contribution >= 0.6 is 15.9 Å². The van der Waals surface area contributed by atoms with Gasteiger partial charge in [-0.1, -0.05) is 6.08 Å². The number of aliphatic imine (C=N–C) groups is 1. The van der Waals surface area contributed by atoms with E-state index in [0.29, 0.717) is 37.5 Å². The van der Waals surface area contributed by atoms with Gasteiger partial charge in [-0.25, -0.2) is 4.98 Å². The number of nitrogens with zero attached hydrogens (tertiary/aromatic N) is 4. The second-order valence-electron chi connectivity index (χ2n) is 7.01. The Bertz CT molecular complexity index is 977. The number of halogens is 1. The van der Waals surface area contributed by atoms with E-state index < -0.39 is 0 Å². The fourth-order valence-corrected chi connectivity index (χ4v) is 3.90. The van der Waals surface area contributed by atoms with Crippen LogP contribution in [0.5, 0.6) is 0 Å². The number of piperazine rings is 1. The highest BCUT2D eigenvalue weighted by Gasteiger charge is 2.25. The van der Waals surface area contributed by atoms with Crippen LogP contribution in [0, 0.1) is 5.92 Å². The standard InChI is InChI=1S/C20H26BrN7O2/c1-3-4-23-10-13(2)20(30)26-15-12-25-19-17(15)18(14(21)11-24-19)28-7-5-27(6-8-28)16(29)9-22/h3-4,10-13H,5-9,22H2,1-2H3,(H,24,25)(H,26,30)/b4-3-,23-10-. The Morgan fingerprint density at radius 3 is 2.80 bits per heavy atom. The van der Waals surface area contributed by atoms with Gasteiger partial charge in [-0.3, -0.25) is 14.6 Å². The van der Waals surface area contributed by atoms with E-state index in [1.165, 1.54) is 0 Å². The molecule has 1 unspecified atom stereocenters. The summed E-state index contributed by atoms with van der Waals surface area (Å²) < 4.78 is 0.825. The number of anilines is 2. The molecule has 0 aromatic carbocycles. The number of allylic oxidation sites excluding steroid dienone is 1. The number of fused-ring (bicyclic) bond motifs is 1. The minimum atomic E-state index is -0.388. The van der Waals surface area contributed by atoms with E-state index in [1.807, 2.05) is 6.92 Å². The van der Waals surface area contributed by atoms with Crippen LogP contribution in [0.25, 0.3) is 11.0 Å². The summed E-state index contributed by atoms with van der Waals surface area (Å²) in [6, 6.07) is 0. The summed E-state index contributed by atoms with van der Waals surface area (Å²) in [5.74, 6) is -0.592. The second kappa shape index (κ2) is 9.86. The molecule has 3 rings (SSSR count). The van der Waals surface area contributed by atoms with Crippen LogP contribution in [0.1, 0.15) is 13.8 Å². The van der Waals surface area contributed by atoms with Gasteiger partial charge < -0.3 is 25.8 Å². The Morgan fingerprint density at radius 1 is 1.40 bits per heavy atom. The molecule has 1 atom stereocenters. The first-order valence-corrected chi connectivity index (χ1v) is 10.6. The molecule has 1 saturated heterocycles. The smallest absolute Gasteiger partial charge is 0.236 e. The maximum absolute atomic E-state index is 12.6. The number of hydrogen-bond donors (Lipinski definition) is 3. The fourth-order valence-electron chi connectivity index (χ4n) is 3.35. The molecule has 2 aromatic rings. The molecule has 4 N–H and O–H groups in total. The van der Waals surface area contributed by atoms with Gasteiger partial charge in [-0.15, -0.1) is 0 Å². The SMILES string of the molecule is C/C=C\N=C/C(C)C(=O)Nc1c[nH]c2ncc(Br)c(N3CCN(C(=O)CN)CC3)c12. The molecule has 3 heterocycles. The molecule has 0 radical (unpaired) electrons. The lowest BCUT2D eigenvalue weighted by Gasteiger charge is -2.36. The van der Waals surface area contributed by atoms with Gasteiger partial charge in [0.25, 0.3) is 0 Å². The van der Waals surface area contributed by atoms with E-state index in [-0.39, 0.29) is 24.3 Å². The maximum atomic E-state index is 12.6. The first-order chi connectivity index (χ1) is 14.5. The first kappa shape index (κ1) is 22.0. The molecule has 2 aromatic heterocycles. The molecule has 30 heavy (non-hydrogen) atoms. The number of carbonyl (C=O) groups excluding carboxylic acids is 2. The molecule has 10 heteroatoms. The van der Waals surface area contributed by atoms with Crippen molar-refractivity contribution in [1.29, 1.82) is 0 Å². The van der Waals surface area contributed by atoms with Crippen LogP contribution < -0.4 is 16.0 Å². The molecule has 160 valence electrons. The van der Waals surface area contributed by atoms with E-state index in [9.17, 15) is 9.59 Å².